The van der Waals surface area contributed by atoms with Gasteiger partial charge in [-0.1, -0.05) is 24.6 Å². The van der Waals surface area contributed by atoms with E-state index in [1.807, 2.05) is 6.07 Å². The van der Waals surface area contributed by atoms with Crippen LogP contribution in [0.5, 0.6) is 0 Å². The van der Waals surface area contributed by atoms with Crippen LogP contribution in [-0.2, 0) is 16.6 Å². The first-order valence-electron chi connectivity index (χ1n) is 6.40. The summed E-state index contributed by atoms with van der Waals surface area (Å²) in [4.78, 5) is 4.20. The molecule has 7 heteroatoms. The zero-order valence-corrected chi connectivity index (χ0v) is 13.1. The lowest BCUT2D eigenvalue weighted by molar-refractivity contribution is 0.419. The molecule has 2 N–H and O–H groups in total. The second kappa shape index (κ2) is 6.43. The summed E-state index contributed by atoms with van der Waals surface area (Å²) in [6.07, 6.45) is 1.63. The van der Waals surface area contributed by atoms with Crippen molar-refractivity contribution < 1.29 is 8.42 Å². The fraction of sp³-hybridized carbons (Fsp3) is 0.214. The van der Waals surface area contributed by atoms with Crippen LogP contribution in [0.25, 0.3) is 0 Å². The van der Waals surface area contributed by atoms with Crippen molar-refractivity contribution in [3.05, 3.63) is 53.3 Å². The molecule has 1 aromatic carbocycles. The maximum Gasteiger partial charge on any atom is 0.244 e. The van der Waals surface area contributed by atoms with Crippen molar-refractivity contribution in [2.45, 2.75) is 18.4 Å². The molecule has 5 nitrogen and oxygen atoms in total. The highest BCUT2D eigenvalue weighted by Gasteiger charge is 2.26. The van der Waals surface area contributed by atoms with Gasteiger partial charge in [-0.15, -0.1) is 0 Å². The average molecular weight is 326 g/mol. The highest BCUT2D eigenvalue weighted by molar-refractivity contribution is 7.89. The molecule has 2 rings (SSSR count). The second-order valence-corrected chi connectivity index (χ2v) is 6.76. The van der Waals surface area contributed by atoms with E-state index in [1.54, 1.807) is 25.3 Å². The van der Waals surface area contributed by atoms with E-state index in [-0.39, 0.29) is 16.5 Å². The molecule has 1 heterocycles. The first-order valence-corrected chi connectivity index (χ1v) is 8.22. The summed E-state index contributed by atoms with van der Waals surface area (Å²) in [5, 5.41) is 0.120. The molecule has 112 valence electrons. The van der Waals surface area contributed by atoms with E-state index in [9.17, 15) is 8.42 Å². The van der Waals surface area contributed by atoms with Crippen molar-refractivity contribution >= 4 is 27.3 Å². The summed E-state index contributed by atoms with van der Waals surface area (Å²) in [5.74, 6) is 0. The number of pyridine rings is 1. The number of nitrogens with zero attached hydrogens (tertiary/aromatic N) is 2. The van der Waals surface area contributed by atoms with Crippen LogP contribution in [0.4, 0.5) is 5.69 Å². The van der Waals surface area contributed by atoms with Crippen molar-refractivity contribution in [2.24, 2.45) is 0 Å². The van der Waals surface area contributed by atoms with E-state index in [0.717, 1.165) is 0 Å². The summed E-state index contributed by atoms with van der Waals surface area (Å²) >= 11 is 6.02. The van der Waals surface area contributed by atoms with Crippen molar-refractivity contribution in [2.75, 3.05) is 12.3 Å². The predicted octanol–water partition coefficient (Wildman–Crippen LogP) is 2.53. The number of halogens is 1. The van der Waals surface area contributed by atoms with E-state index in [2.05, 4.69) is 4.98 Å². The summed E-state index contributed by atoms with van der Waals surface area (Å²) < 4.78 is 26.7. The molecule has 0 fully saturated rings. The highest BCUT2D eigenvalue weighted by Crippen LogP contribution is 2.27. The van der Waals surface area contributed by atoms with Crippen molar-refractivity contribution in [3.8, 4) is 0 Å². The number of sulfonamides is 1. The van der Waals surface area contributed by atoms with Crippen molar-refractivity contribution in [1.82, 2.24) is 9.29 Å². The zero-order chi connectivity index (χ0) is 15.5. The van der Waals surface area contributed by atoms with Gasteiger partial charge in [0.05, 0.1) is 17.3 Å². The van der Waals surface area contributed by atoms with Gasteiger partial charge in [0.15, 0.2) is 0 Å². The molecule has 0 aliphatic heterocycles. The molecule has 0 atom stereocenters. The van der Waals surface area contributed by atoms with Crippen LogP contribution in [0.15, 0.2) is 47.5 Å². The van der Waals surface area contributed by atoms with E-state index in [1.165, 1.54) is 22.5 Å². The van der Waals surface area contributed by atoms with Crippen LogP contribution in [0.3, 0.4) is 0 Å². The number of anilines is 1. The normalized spacial score (nSPS) is 11.8. The van der Waals surface area contributed by atoms with E-state index in [0.29, 0.717) is 17.9 Å². The number of benzene rings is 1. The van der Waals surface area contributed by atoms with E-state index in [4.69, 9.17) is 17.3 Å². The third-order valence-electron chi connectivity index (χ3n) is 2.99. The van der Waals surface area contributed by atoms with Crippen molar-refractivity contribution in [3.63, 3.8) is 0 Å². The lowest BCUT2D eigenvalue weighted by Crippen LogP contribution is -2.31. The van der Waals surface area contributed by atoms with Gasteiger partial charge in [-0.3, -0.25) is 4.98 Å². The standard InChI is InChI=1S/C14H16ClN3O2S/c1-2-18(10-12-5-3-4-8-17-12)21(19,20)14-7-6-11(16)9-13(14)15/h3-9H,2,10,16H2,1H3. The van der Waals surface area contributed by atoms with Crippen LogP contribution in [0.1, 0.15) is 12.6 Å². The predicted molar refractivity (Wildman–Crippen MR) is 83.4 cm³/mol. The average Bonchev–Trinajstić information content (AvgIpc) is 2.45. The van der Waals surface area contributed by atoms with Gasteiger partial charge in [-0.2, -0.15) is 4.31 Å². The third kappa shape index (κ3) is 3.53. The van der Waals surface area contributed by atoms with Gasteiger partial charge in [-0.25, -0.2) is 8.42 Å². The van der Waals surface area contributed by atoms with Gasteiger partial charge < -0.3 is 5.73 Å². The lowest BCUT2D eigenvalue weighted by Gasteiger charge is -2.20. The number of nitrogen functional groups attached to an aromatic ring is 1. The maximum atomic E-state index is 12.7. The Morgan fingerprint density at radius 1 is 1.29 bits per heavy atom. The minimum Gasteiger partial charge on any atom is -0.399 e. The molecule has 0 saturated heterocycles. The van der Waals surface area contributed by atoms with Crippen LogP contribution < -0.4 is 5.73 Å². The Bertz CT molecular complexity index is 720. The molecule has 21 heavy (non-hydrogen) atoms. The van der Waals surface area contributed by atoms with Gasteiger partial charge >= 0.3 is 0 Å². The minimum absolute atomic E-state index is 0.0520. The first kappa shape index (κ1) is 15.8. The fourth-order valence-electron chi connectivity index (χ4n) is 1.90. The summed E-state index contributed by atoms with van der Waals surface area (Å²) in [6, 6.07) is 9.76. The molecule has 1 aromatic heterocycles. The van der Waals surface area contributed by atoms with Crippen LogP contribution in [0.2, 0.25) is 5.02 Å². The van der Waals surface area contributed by atoms with E-state index < -0.39 is 10.0 Å². The van der Waals surface area contributed by atoms with Gasteiger partial charge in [-0.05, 0) is 30.3 Å². The largest absolute Gasteiger partial charge is 0.399 e. The molecule has 2 aromatic rings. The molecule has 0 saturated carbocycles. The number of hydrogen-bond acceptors (Lipinski definition) is 4. The molecule has 0 unspecified atom stereocenters. The number of aromatic nitrogens is 1. The topological polar surface area (TPSA) is 76.3 Å². The highest BCUT2D eigenvalue weighted by atomic mass is 35.5. The van der Waals surface area contributed by atoms with Crippen molar-refractivity contribution in [1.29, 1.82) is 0 Å². The fourth-order valence-corrected chi connectivity index (χ4v) is 3.85. The maximum absolute atomic E-state index is 12.7. The zero-order valence-electron chi connectivity index (χ0n) is 11.5. The molecule has 0 spiro atoms. The molecule has 0 aliphatic rings. The summed E-state index contributed by atoms with van der Waals surface area (Å²) in [5.41, 5.74) is 6.70. The minimum atomic E-state index is -3.69. The number of rotatable bonds is 5. The monoisotopic (exact) mass is 325 g/mol. The number of nitrogens with two attached hydrogens (primary N) is 1. The Labute approximate surface area is 129 Å². The molecular weight excluding hydrogens is 310 g/mol. The number of hydrogen-bond donors (Lipinski definition) is 1. The SMILES string of the molecule is CCN(Cc1ccccn1)S(=O)(=O)c1ccc(N)cc1Cl. The van der Waals surface area contributed by atoms with E-state index >= 15 is 0 Å². The van der Waals surface area contributed by atoms with Gasteiger partial charge in [0.2, 0.25) is 10.0 Å². The van der Waals surface area contributed by atoms with Gasteiger partial charge in [0.25, 0.3) is 0 Å². The Hall–Kier alpha value is -1.63. The molecule has 0 aliphatic carbocycles. The Morgan fingerprint density at radius 2 is 2.05 bits per heavy atom. The van der Waals surface area contributed by atoms with Gasteiger partial charge in [0.1, 0.15) is 4.90 Å². The summed E-state index contributed by atoms with van der Waals surface area (Å²) in [7, 11) is -3.69. The molecular formula is C14H16ClN3O2S. The Kier molecular flexibility index (Phi) is 4.82. The quantitative estimate of drug-likeness (QED) is 0.857. The molecule has 0 amide bonds. The Morgan fingerprint density at radius 3 is 2.62 bits per heavy atom. The van der Waals surface area contributed by atoms with Crippen LogP contribution in [0, 0.1) is 0 Å². The van der Waals surface area contributed by atoms with Crippen LogP contribution in [-0.4, -0.2) is 24.3 Å². The third-order valence-corrected chi connectivity index (χ3v) is 5.39. The second-order valence-electron chi connectivity index (χ2n) is 4.44. The lowest BCUT2D eigenvalue weighted by atomic mass is 10.3. The molecule has 0 bridgehead atoms. The molecule has 0 radical (unpaired) electrons. The summed E-state index contributed by atoms with van der Waals surface area (Å²) in [6.45, 7) is 2.28. The van der Waals surface area contributed by atoms with Crippen LogP contribution >= 0.6 is 11.6 Å². The first-order chi connectivity index (χ1) is 9.95. The Balaban J connectivity index is 2.36. The van der Waals surface area contributed by atoms with Gasteiger partial charge in [0, 0.05) is 18.4 Å². The smallest absolute Gasteiger partial charge is 0.244 e.